The molecule has 1 aliphatic heterocycles. The van der Waals surface area contributed by atoms with Crippen molar-refractivity contribution < 1.29 is 13.9 Å². The van der Waals surface area contributed by atoms with Crippen molar-refractivity contribution in [3.05, 3.63) is 70.0 Å². The third kappa shape index (κ3) is 4.52. The molecule has 1 amide bonds. The third-order valence-electron chi connectivity index (χ3n) is 4.75. The van der Waals surface area contributed by atoms with Crippen LogP contribution in [-0.4, -0.2) is 31.0 Å². The van der Waals surface area contributed by atoms with Crippen LogP contribution in [0.1, 0.15) is 29.9 Å². The lowest BCUT2D eigenvalue weighted by atomic mass is 9.89. The minimum Gasteiger partial charge on any atom is -0.496 e. The van der Waals surface area contributed by atoms with Gasteiger partial charge in [-0.2, -0.15) is 0 Å². The standard InChI is InChI=1S/C21H21BrFNO2/c1-26-20-8-5-18(22)14-17(20)4-9-21(25)24-12-10-16(11-13-24)15-2-6-19(23)7-3-15/h2-9,14,16H,10-13H2,1H3/b9-4+. The molecular weight excluding hydrogens is 397 g/mol. The summed E-state index contributed by atoms with van der Waals surface area (Å²) in [6, 6.07) is 12.4. The average molecular weight is 418 g/mol. The Morgan fingerprint density at radius 1 is 1.19 bits per heavy atom. The number of ether oxygens (including phenoxy) is 1. The van der Waals surface area contributed by atoms with Crippen molar-refractivity contribution in [3.8, 4) is 5.75 Å². The van der Waals surface area contributed by atoms with Crippen LogP contribution in [0.3, 0.4) is 0 Å². The number of rotatable bonds is 4. The fraction of sp³-hybridized carbons (Fsp3) is 0.286. The molecule has 1 heterocycles. The fourth-order valence-corrected chi connectivity index (χ4v) is 3.65. The van der Waals surface area contributed by atoms with Gasteiger partial charge in [0.05, 0.1) is 7.11 Å². The van der Waals surface area contributed by atoms with Gasteiger partial charge < -0.3 is 9.64 Å². The Labute approximate surface area is 161 Å². The zero-order chi connectivity index (χ0) is 18.5. The molecule has 136 valence electrons. The van der Waals surface area contributed by atoms with Crippen molar-refractivity contribution >= 4 is 27.9 Å². The summed E-state index contributed by atoms with van der Waals surface area (Å²) in [7, 11) is 1.61. The van der Waals surface area contributed by atoms with Crippen LogP contribution in [0.2, 0.25) is 0 Å². The number of hydrogen-bond acceptors (Lipinski definition) is 2. The summed E-state index contributed by atoms with van der Waals surface area (Å²) in [4.78, 5) is 14.3. The maximum absolute atomic E-state index is 13.1. The molecule has 0 N–H and O–H groups in total. The number of benzene rings is 2. The zero-order valence-electron chi connectivity index (χ0n) is 14.6. The van der Waals surface area contributed by atoms with Crippen molar-refractivity contribution in [1.82, 2.24) is 4.90 Å². The molecule has 1 fully saturated rings. The van der Waals surface area contributed by atoms with E-state index in [0.717, 1.165) is 34.2 Å². The normalized spacial score (nSPS) is 15.4. The largest absolute Gasteiger partial charge is 0.496 e. The van der Waals surface area contributed by atoms with E-state index in [1.807, 2.05) is 35.2 Å². The molecule has 1 saturated heterocycles. The van der Waals surface area contributed by atoms with Gasteiger partial charge in [-0.1, -0.05) is 28.1 Å². The number of likely N-dealkylation sites (tertiary alicyclic amines) is 1. The predicted octanol–water partition coefficient (Wildman–Crippen LogP) is 5.02. The first kappa shape index (κ1) is 18.6. The van der Waals surface area contributed by atoms with E-state index in [2.05, 4.69) is 15.9 Å². The predicted molar refractivity (Wildman–Crippen MR) is 105 cm³/mol. The van der Waals surface area contributed by atoms with E-state index >= 15 is 0 Å². The highest BCUT2D eigenvalue weighted by Crippen LogP contribution is 2.28. The molecule has 0 radical (unpaired) electrons. The van der Waals surface area contributed by atoms with Crippen molar-refractivity contribution in [3.63, 3.8) is 0 Å². The third-order valence-corrected chi connectivity index (χ3v) is 5.24. The Hall–Kier alpha value is -2.14. The highest BCUT2D eigenvalue weighted by molar-refractivity contribution is 9.10. The van der Waals surface area contributed by atoms with Crippen molar-refractivity contribution in [2.45, 2.75) is 18.8 Å². The Bertz CT molecular complexity index is 796. The smallest absolute Gasteiger partial charge is 0.246 e. The van der Waals surface area contributed by atoms with Gasteiger partial charge in [0.1, 0.15) is 11.6 Å². The number of carbonyl (C=O) groups is 1. The lowest BCUT2D eigenvalue weighted by molar-refractivity contribution is -0.126. The van der Waals surface area contributed by atoms with Crippen LogP contribution in [0.15, 0.2) is 53.0 Å². The first-order valence-electron chi connectivity index (χ1n) is 8.63. The molecule has 0 saturated carbocycles. The number of nitrogens with zero attached hydrogens (tertiary/aromatic N) is 1. The molecule has 2 aromatic rings. The van der Waals surface area contributed by atoms with Crippen molar-refractivity contribution in [2.75, 3.05) is 20.2 Å². The molecule has 0 aliphatic carbocycles. The Morgan fingerprint density at radius 2 is 1.88 bits per heavy atom. The zero-order valence-corrected chi connectivity index (χ0v) is 16.2. The summed E-state index contributed by atoms with van der Waals surface area (Å²) in [5, 5.41) is 0. The second kappa shape index (κ2) is 8.49. The second-order valence-corrected chi connectivity index (χ2v) is 7.29. The van der Waals surface area contributed by atoms with Crippen LogP contribution < -0.4 is 4.74 Å². The molecule has 0 spiro atoms. The van der Waals surface area contributed by atoms with E-state index in [1.54, 1.807) is 19.3 Å². The number of hydrogen-bond donors (Lipinski definition) is 0. The van der Waals surface area contributed by atoms with Gasteiger partial charge in [0.15, 0.2) is 0 Å². The monoisotopic (exact) mass is 417 g/mol. The van der Waals surface area contributed by atoms with Crippen LogP contribution in [-0.2, 0) is 4.79 Å². The molecular formula is C21H21BrFNO2. The Morgan fingerprint density at radius 3 is 2.54 bits per heavy atom. The number of carbonyl (C=O) groups excluding carboxylic acids is 1. The average Bonchev–Trinajstić information content (AvgIpc) is 2.67. The maximum atomic E-state index is 13.1. The Kier molecular flexibility index (Phi) is 6.09. The summed E-state index contributed by atoms with van der Waals surface area (Å²) in [5.74, 6) is 0.903. The molecule has 3 nitrogen and oxygen atoms in total. The van der Waals surface area contributed by atoms with Gasteiger partial charge in [0, 0.05) is 29.2 Å². The van der Waals surface area contributed by atoms with Crippen LogP contribution in [0.25, 0.3) is 6.08 Å². The molecule has 2 aromatic carbocycles. The van der Waals surface area contributed by atoms with Gasteiger partial charge in [-0.3, -0.25) is 4.79 Å². The minimum atomic E-state index is -0.213. The van der Waals surface area contributed by atoms with Gasteiger partial charge >= 0.3 is 0 Å². The number of halogens is 2. The van der Waals surface area contributed by atoms with E-state index in [-0.39, 0.29) is 11.7 Å². The SMILES string of the molecule is COc1ccc(Br)cc1/C=C/C(=O)N1CCC(c2ccc(F)cc2)CC1. The summed E-state index contributed by atoms with van der Waals surface area (Å²) in [6.07, 6.45) is 5.18. The lowest BCUT2D eigenvalue weighted by Crippen LogP contribution is -2.36. The van der Waals surface area contributed by atoms with E-state index in [4.69, 9.17) is 4.74 Å². The lowest BCUT2D eigenvalue weighted by Gasteiger charge is -2.31. The molecule has 1 aliphatic rings. The first-order valence-corrected chi connectivity index (χ1v) is 9.42. The summed E-state index contributed by atoms with van der Waals surface area (Å²) < 4.78 is 19.3. The van der Waals surface area contributed by atoms with E-state index < -0.39 is 0 Å². The van der Waals surface area contributed by atoms with Crippen LogP contribution in [0, 0.1) is 5.82 Å². The van der Waals surface area contributed by atoms with Gasteiger partial charge in [-0.25, -0.2) is 4.39 Å². The van der Waals surface area contributed by atoms with Crippen LogP contribution in [0.4, 0.5) is 4.39 Å². The summed E-state index contributed by atoms with van der Waals surface area (Å²) in [5.41, 5.74) is 2.00. The molecule has 5 heteroatoms. The van der Waals surface area contributed by atoms with Gasteiger partial charge in [0.25, 0.3) is 0 Å². The molecule has 26 heavy (non-hydrogen) atoms. The molecule has 3 rings (SSSR count). The highest BCUT2D eigenvalue weighted by atomic mass is 79.9. The number of methoxy groups -OCH3 is 1. The molecule has 0 aromatic heterocycles. The van der Waals surface area contributed by atoms with E-state index in [0.29, 0.717) is 19.0 Å². The van der Waals surface area contributed by atoms with Gasteiger partial charge in [-0.15, -0.1) is 0 Å². The molecule has 0 unspecified atom stereocenters. The highest BCUT2D eigenvalue weighted by Gasteiger charge is 2.22. The van der Waals surface area contributed by atoms with Crippen LogP contribution >= 0.6 is 15.9 Å². The number of amides is 1. The quantitative estimate of drug-likeness (QED) is 0.653. The molecule has 0 bridgehead atoms. The summed E-state index contributed by atoms with van der Waals surface area (Å²) in [6.45, 7) is 1.42. The summed E-state index contributed by atoms with van der Waals surface area (Å²) >= 11 is 3.43. The van der Waals surface area contributed by atoms with Gasteiger partial charge in [0.2, 0.25) is 5.91 Å². The second-order valence-electron chi connectivity index (χ2n) is 6.37. The molecule has 0 atom stereocenters. The van der Waals surface area contributed by atoms with Gasteiger partial charge in [-0.05, 0) is 60.7 Å². The topological polar surface area (TPSA) is 29.5 Å². The first-order chi connectivity index (χ1) is 12.6. The van der Waals surface area contributed by atoms with E-state index in [1.165, 1.54) is 12.1 Å². The number of piperidine rings is 1. The van der Waals surface area contributed by atoms with Crippen molar-refractivity contribution in [1.29, 1.82) is 0 Å². The van der Waals surface area contributed by atoms with Crippen molar-refractivity contribution in [2.24, 2.45) is 0 Å². The minimum absolute atomic E-state index is 0.00425. The fourth-order valence-electron chi connectivity index (χ4n) is 3.27. The van der Waals surface area contributed by atoms with Crippen LogP contribution in [0.5, 0.6) is 5.75 Å². The van der Waals surface area contributed by atoms with E-state index in [9.17, 15) is 9.18 Å². The maximum Gasteiger partial charge on any atom is 0.246 e. The Balaban J connectivity index is 1.60.